The number of nitrogens with one attached hydrogen (secondary N) is 2. The van der Waals surface area contributed by atoms with E-state index in [4.69, 9.17) is 4.74 Å². The monoisotopic (exact) mass is 560 g/mol. The van der Waals surface area contributed by atoms with Gasteiger partial charge in [-0.15, -0.1) is 0 Å². The predicted molar refractivity (Wildman–Crippen MR) is 143 cm³/mol. The zero-order chi connectivity index (χ0) is 29.8. The smallest absolute Gasteiger partial charge is 0.216 e. The molecule has 2 amide bonds. The third kappa shape index (κ3) is 6.19. The lowest BCUT2D eigenvalue weighted by Crippen LogP contribution is -2.27. The van der Waals surface area contributed by atoms with Gasteiger partial charge in [-0.25, -0.2) is 0 Å². The maximum absolute atomic E-state index is 13.0. The first-order valence-corrected chi connectivity index (χ1v) is 13.2. The van der Waals surface area contributed by atoms with Crippen LogP contribution in [-0.2, 0) is 19.2 Å². The Balaban J connectivity index is 1.43. The maximum Gasteiger partial charge on any atom is 0.216 e. The second kappa shape index (κ2) is 12.2. The Bertz CT molecular complexity index is 1400. The molecule has 2 N–H and O–H groups in total. The molecule has 2 unspecified atom stereocenters. The van der Waals surface area contributed by atoms with Crippen LogP contribution in [0.5, 0.6) is 11.5 Å². The third-order valence-electron chi connectivity index (χ3n) is 6.92. The largest absolute Gasteiger partial charge is 0.457 e. The second-order valence-corrected chi connectivity index (χ2v) is 9.95. The molecule has 0 aromatic heterocycles. The molecule has 2 atom stereocenters. The summed E-state index contributed by atoms with van der Waals surface area (Å²) in [5.74, 6) is -6.49. The van der Waals surface area contributed by atoms with Gasteiger partial charge in [0, 0.05) is 62.0 Å². The minimum Gasteiger partial charge on any atom is -0.457 e. The molecule has 0 spiro atoms. The first kappa shape index (κ1) is 29.2. The van der Waals surface area contributed by atoms with E-state index in [1.165, 1.54) is 50.2 Å². The number of rotatable bonds is 12. The summed E-state index contributed by atoms with van der Waals surface area (Å²) in [4.78, 5) is 98.6. The molecule has 11 heteroatoms. The van der Waals surface area contributed by atoms with Crippen LogP contribution in [0.3, 0.4) is 0 Å². The van der Waals surface area contributed by atoms with Crippen molar-refractivity contribution in [2.24, 2.45) is 11.8 Å². The van der Waals surface area contributed by atoms with Crippen molar-refractivity contribution in [1.29, 1.82) is 0 Å². The van der Waals surface area contributed by atoms with Crippen LogP contribution in [0.4, 0.5) is 0 Å². The number of ether oxygens (including phenoxy) is 1. The van der Waals surface area contributed by atoms with E-state index >= 15 is 0 Å². The van der Waals surface area contributed by atoms with Crippen LogP contribution in [0.1, 0.15) is 81.0 Å². The van der Waals surface area contributed by atoms with Gasteiger partial charge in [-0.2, -0.15) is 0 Å². The lowest BCUT2D eigenvalue weighted by Gasteiger charge is -2.08. The van der Waals surface area contributed by atoms with Crippen LogP contribution in [0.2, 0.25) is 0 Å². The number of hydrogen-bond acceptors (Lipinski definition) is 9. The van der Waals surface area contributed by atoms with Crippen LogP contribution in [0.25, 0.3) is 0 Å². The summed E-state index contributed by atoms with van der Waals surface area (Å²) in [6, 6.07) is 8.40. The molecular formula is C30H28N2O9. The molecule has 0 radical (unpaired) electrons. The van der Waals surface area contributed by atoms with Gasteiger partial charge in [-0.1, -0.05) is 0 Å². The third-order valence-corrected chi connectivity index (χ3v) is 6.92. The topological polar surface area (TPSA) is 170 Å². The van der Waals surface area contributed by atoms with Crippen molar-refractivity contribution >= 4 is 46.5 Å². The van der Waals surface area contributed by atoms with Crippen molar-refractivity contribution in [2.75, 3.05) is 13.1 Å². The molecule has 0 saturated heterocycles. The highest BCUT2D eigenvalue weighted by Gasteiger charge is 2.44. The number of ketones is 6. The van der Waals surface area contributed by atoms with Gasteiger partial charge in [0.1, 0.15) is 23.3 Å². The minimum absolute atomic E-state index is 0.0412. The minimum atomic E-state index is -1.44. The van der Waals surface area contributed by atoms with E-state index in [1.54, 1.807) is 0 Å². The average Bonchev–Trinajstić information content (AvgIpc) is 3.32. The second-order valence-electron chi connectivity index (χ2n) is 9.95. The number of benzene rings is 2. The number of carbonyl (C=O) groups excluding carboxylic acids is 8. The van der Waals surface area contributed by atoms with Crippen LogP contribution < -0.4 is 15.4 Å². The van der Waals surface area contributed by atoms with Gasteiger partial charge in [-0.3, -0.25) is 38.4 Å². The summed E-state index contributed by atoms with van der Waals surface area (Å²) in [7, 11) is 0. The first-order chi connectivity index (χ1) is 19.5. The van der Waals surface area contributed by atoms with E-state index in [9.17, 15) is 38.4 Å². The molecular weight excluding hydrogens is 532 g/mol. The molecule has 0 saturated carbocycles. The van der Waals surface area contributed by atoms with Crippen molar-refractivity contribution in [3.63, 3.8) is 0 Å². The molecule has 41 heavy (non-hydrogen) atoms. The summed E-state index contributed by atoms with van der Waals surface area (Å²) in [5, 5.41) is 5.11. The zero-order valence-electron chi connectivity index (χ0n) is 22.5. The van der Waals surface area contributed by atoms with E-state index < -0.39 is 46.5 Å². The summed E-state index contributed by atoms with van der Waals surface area (Å²) in [5.41, 5.74) is 0.310. The molecule has 212 valence electrons. The van der Waals surface area contributed by atoms with Gasteiger partial charge in [0.2, 0.25) is 11.8 Å². The van der Waals surface area contributed by atoms with Gasteiger partial charge in [0.25, 0.3) is 0 Å². The van der Waals surface area contributed by atoms with Crippen LogP contribution in [0, 0.1) is 11.8 Å². The molecule has 0 bridgehead atoms. The molecule has 0 aliphatic heterocycles. The van der Waals surface area contributed by atoms with Crippen molar-refractivity contribution in [3.05, 3.63) is 58.7 Å². The number of carbonyl (C=O) groups is 8. The lowest BCUT2D eigenvalue weighted by atomic mass is 9.95. The highest BCUT2D eigenvalue weighted by Crippen LogP contribution is 2.35. The maximum atomic E-state index is 13.0. The Kier molecular flexibility index (Phi) is 8.65. The number of amides is 2. The van der Waals surface area contributed by atoms with Gasteiger partial charge >= 0.3 is 0 Å². The van der Waals surface area contributed by atoms with Gasteiger partial charge < -0.3 is 15.4 Å². The molecule has 0 fully saturated rings. The highest BCUT2D eigenvalue weighted by molar-refractivity contribution is 6.36. The standard InChI is InChI=1S/C30H28N2O9/c1-15(33)31-11-3-5-23(35)25-27(37)19-9-7-17(13-21(19)29(25)39)41-18-8-10-20-22(14-18)30(40)26(28(20)38)24(36)6-4-12-32-16(2)34/h7-10,13-14,25-26H,3-6,11-12H2,1-2H3,(H,31,33)(H,32,34). The number of hydrogen-bond donors (Lipinski definition) is 2. The molecule has 2 aromatic carbocycles. The molecule has 0 heterocycles. The van der Waals surface area contributed by atoms with E-state index in [2.05, 4.69) is 10.6 Å². The molecule has 2 aliphatic rings. The summed E-state index contributed by atoms with van der Waals surface area (Å²) in [6.07, 6.45) is 0.507. The lowest BCUT2D eigenvalue weighted by molar-refractivity contribution is -0.121. The fourth-order valence-corrected chi connectivity index (χ4v) is 4.93. The van der Waals surface area contributed by atoms with Crippen LogP contribution in [-0.4, -0.2) is 59.6 Å². The molecule has 4 rings (SSSR count). The number of Topliss-reactive ketones (excluding diaryl/α,β-unsaturated/α-hetero) is 6. The quantitative estimate of drug-likeness (QED) is 0.292. The summed E-state index contributed by atoms with van der Waals surface area (Å²) >= 11 is 0. The van der Waals surface area contributed by atoms with E-state index in [0.29, 0.717) is 12.8 Å². The van der Waals surface area contributed by atoms with Crippen LogP contribution >= 0.6 is 0 Å². The van der Waals surface area contributed by atoms with Crippen molar-refractivity contribution in [2.45, 2.75) is 39.5 Å². The predicted octanol–water partition coefficient (Wildman–Crippen LogP) is 2.44. The zero-order valence-corrected chi connectivity index (χ0v) is 22.5. The van der Waals surface area contributed by atoms with Crippen molar-refractivity contribution in [3.8, 4) is 11.5 Å². The van der Waals surface area contributed by atoms with E-state index in [0.717, 1.165) is 0 Å². The van der Waals surface area contributed by atoms with Gasteiger partial charge in [-0.05, 0) is 49.2 Å². The Morgan fingerprint density at radius 1 is 0.610 bits per heavy atom. The molecule has 2 aliphatic carbocycles. The van der Waals surface area contributed by atoms with E-state index in [1.807, 2.05) is 0 Å². The Hall–Kier alpha value is -4.80. The molecule has 2 aromatic rings. The van der Waals surface area contributed by atoms with Crippen molar-refractivity contribution < 1.29 is 43.1 Å². The SMILES string of the molecule is CC(=O)NCCCC(=O)C1C(=O)c2ccc(Oc3ccc4c(c3)C(=O)C(C(=O)CCCNC(C)=O)C4=O)cc2C1=O. The van der Waals surface area contributed by atoms with Crippen molar-refractivity contribution in [1.82, 2.24) is 10.6 Å². The Morgan fingerprint density at radius 2 is 0.976 bits per heavy atom. The number of fused-ring (bicyclic) bond motifs is 2. The van der Waals surface area contributed by atoms with Gasteiger partial charge in [0.05, 0.1) is 0 Å². The summed E-state index contributed by atoms with van der Waals surface area (Å²) < 4.78 is 5.81. The normalized spacial score (nSPS) is 17.2. The first-order valence-electron chi connectivity index (χ1n) is 13.2. The molecule has 11 nitrogen and oxygen atoms in total. The van der Waals surface area contributed by atoms with Gasteiger partial charge in [0.15, 0.2) is 34.7 Å². The van der Waals surface area contributed by atoms with Crippen LogP contribution in [0.15, 0.2) is 36.4 Å². The summed E-state index contributed by atoms with van der Waals surface area (Å²) in [6.45, 7) is 3.20. The fraction of sp³-hybridized carbons (Fsp3) is 0.333. The average molecular weight is 561 g/mol. The fourth-order valence-electron chi connectivity index (χ4n) is 4.93. The van der Waals surface area contributed by atoms with E-state index in [-0.39, 0.29) is 71.5 Å². The highest BCUT2D eigenvalue weighted by atomic mass is 16.5. The Morgan fingerprint density at radius 3 is 1.34 bits per heavy atom. The Labute approximate surface area is 235 Å².